The molecule has 0 unspecified atom stereocenters. The third-order valence-electron chi connectivity index (χ3n) is 4.03. The molecule has 1 heterocycles. The number of nitro groups is 1. The van der Waals surface area contributed by atoms with E-state index in [0.717, 1.165) is 24.1 Å². The van der Waals surface area contributed by atoms with Crippen molar-refractivity contribution in [1.29, 1.82) is 0 Å². The van der Waals surface area contributed by atoms with Gasteiger partial charge in [-0.15, -0.1) is 0 Å². The number of hydrogen-bond donors (Lipinski definition) is 0. The highest BCUT2D eigenvalue weighted by Crippen LogP contribution is 2.40. The Hall–Kier alpha value is -3.36. The van der Waals surface area contributed by atoms with Crippen LogP contribution in [0.5, 0.6) is 11.5 Å². The van der Waals surface area contributed by atoms with Crippen LogP contribution in [0.25, 0.3) is 11.0 Å². The number of ether oxygens (including phenoxy) is 1. The fourth-order valence-electron chi connectivity index (χ4n) is 2.82. The Kier molecular flexibility index (Phi) is 5.08. The van der Waals surface area contributed by atoms with E-state index in [1.54, 1.807) is 6.07 Å². The van der Waals surface area contributed by atoms with E-state index in [2.05, 4.69) is 0 Å². The first-order valence-corrected chi connectivity index (χ1v) is 8.29. The number of rotatable bonds is 5. The molecule has 0 spiro atoms. The van der Waals surface area contributed by atoms with Crippen molar-refractivity contribution in [2.45, 2.75) is 25.9 Å². The zero-order valence-corrected chi connectivity index (χ0v) is 14.6. The summed E-state index contributed by atoms with van der Waals surface area (Å²) in [6.45, 7) is 1.95. The Labute approximate surface area is 156 Å². The van der Waals surface area contributed by atoms with Gasteiger partial charge in [0.05, 0.1) is 4.92 Å². The number of nitro benzene ring substituents is 1. The van der Waals surface area contributed by atoms with Gasteiger partial charge in [-0.25, -0.2) is 4.79 Å². The molecule has 0 fully saturated rings. The summed E-state index contributed by atoms with van der Waals surface area (Å²) >= 11 is 0. The molecule has 9 heteroatoms. The van der Waals surface area contributed by atoms with E-state index >= 15 is 0 Å². The summed E-state index contributed by atoms with van der Waals surface area (Å²) in [4.78, 5) is 21.6. The smallest absolute Gasteiger partial charge is 0.420 e. The Morgan fingerprint density at radius 2 is 1.89 bits per heavy atom. The lowest BCUT2D eigenvalue weighted by atomic mass is 10.1. The van der Waals surface area contributed by atoms with E-state index in [4.69, 9.17) is 9.15 Å². The molecule has 0 bridgehead atoms. The minimum absolute atomic E-state index is 0.00338. The van der Waals surface area contributed by atoms with Crippen LogP contribution in [0.1, 0.15) is 24.5 Å². The standard InChI is InChI=1S/C19H14F3NO5/c1-2-3-11-8-18(24)28-17-10-13(5-6-14(11)17)27-16-7-4-12(23(25)26)9-15(16)19(20,21)22/h4-10H,2-3H2,1H3. The third kappa shape index (κ3) is 3.98. The van der Waals surface area contributed by atoms with Crippen molar-refractivity contribution in [3.05, 3.63) is 74.1 Å². The van der Waals surface area contributed by atoms with Gasteiger partial charge >= 0.3 is 11.8 Å². The first-order chi connectivity index (χ1) is 13.2. The van der Waals surface area contributed by atoms with E-state index < -0.39 is 33.7 Å². The number of halogens is 3. The van der Waals surface area contributed by atoms with E-state index in [9.17, 15) is 28.1 Å². The number of nitrogens with zero attached hydrogens (tertiary/aromatic N) is 1. The maximum Gasteiger partial charge on any atom is 0.420 e. The zero-order chi connectivity index (χ0) is 20.5. The molecule has 28 heavy (non-hydrogen) atoms. The number of non-ortho nitro benzene ring substituents is 1. The maximum absolute atomic E-state index is 13.3. The van der Waals surface area contributed by atoms with Gasteiger partial charge in [-0.05, 0) is 30.2 Å². The third-order valence-corrected chi connectivity index (χ3v) is 4.03. The van der Waals surface area contributed by atoms with Crippen LogP contribution < -0.4 is 10.4 Å². The molecule has 3 rings (SSSR count). The van der Waals surface area contributed by atoms with Gasteiger partial charge < -0.3 is 9.15 Å². The second kappa shape index (κ2) is 7.34. The van der Waals surface area contributed by atoms with E-state index in [-0.39, 0.29) is 11.3 Å². The molecular weight excluding hydrogens is 379 g/mol. The van der Waals surface area contributed by atoms with Crippen molar-refractivity contribution in [1.82, 2.24) is 0 Å². The molecule has 0 saturated carbocycles. The minimum Gasteiger partial charge on any atom is -0.457 e. The molecule has 0 saturated heterocycles. The molecule has 0 radical (unpaired) electrons. The van der Waals surface area contributed by atoms with Crippen molar-refractivity contribution >= 4 is 16.7 Å². The number of alkyl halides is 3. The number of fused-ring (bicyclic) bond motifs is 1. The van der Waals surface area contributed by atoms with E-state index in [0.29, 0.717) is 17.9 Å². The predicted octanol–water partition coefficient (Wildman–Crippen LogP) is 5.46. The molecule has 3 aromatic rings. The molecule has 6 nitrogen and oxygen atoms in total. The summed E-state index contributed by atoms with van der Waals surface area (Å²) < 4.78 is 50.3. The summed E-state index contributed by atoms with van der Waals surface area (Å²) in [7, 11) is 0. The molecule has 2 aromatic carbocycles. The highest BCUT2D eigenvalue weighted by Gasteiger charge is 2.36. The summed E-state index contributed by atoms with van der Waals surface area (Å²) in [5.74, 6) is -0.590. The van der Waals surface area contributed by atoms with Gasteiger partial charge in [-0.2, -0.15) is 13.2 Å². The van der Waals surface area contributed by atoms with Crippen LogP contribution >= 0.6 is 0 Å². The molecule has 0 atom stereocenters. The van der Waals surface area contributed by atoms with Crippen LogP contribution in [-0.2, 0) is 12.6 Å². The van der Waals surface area contributed by atoms with Gasteiger partial charge in [0.1, 0.15) is 22.6 Å². The van der Waals surface area contributed by atoms with Crippen molar-refractivity contribution < 1.29 is 27.2 Å². The van der Waals surface area contributed by atoms with Crippen molar-refractivity contribution in [3.8, 4) is 11.5 Å². The zero-order valence-electron chi connectivity index (χ0n) is 14.6. The lowest BCUT2D eigenvalue weighted by Gasteiger charge is -2.14. The monoisotopic (exact) mass is 393 g/mol. The van der Waals surface area contributed by atoms with Crippen LogP contribution in [0, 0.1) is 10.1 Å². The van der Waals surface area contributed by atoms with Gasteiger partial charge in [0.2, 0.25) is 0 Å². The normalized spacial score (nSPS) is 11.6. The Morgan fingerprint density at radius 1 is 1.14 bits per heavy atom. The van der Waals surface area contributed by atoms with Gasteiger partial charge in [0.15, 0.2) is 0 Å². The fourth-order valence-corrected chi connectivity index (χ4v) is 2.82. The van der Waals surface area contributed by atoms with E-state index in [1.165, 1.54) is 18.2 Å². The fraction of sp³-hybridized carbons (Fsp3) is 0.211. The van der Waals surface area contributed by atoms with Crippen molar-refractivity contribution in [2.75, 3.05) is 0 Å². The van der Waals surface area contributed by atoms with Crippen LogP contribution in [0.3, 0.4) is 0 Å². The highest BCUT2D eigenvalue weighted by molar-refractivity contribution is 5.81. The summed E-state index contributed by atoms with van der Waals surface area (Å²) in [6, 6.07) is 7.96. The number of aryl methyl sites for hydroxylation is 1. The molecule has 0 amide bonds. The molecule has 146 valence electrons. The van der Waals surface area contributed by atoms with Crippen LogP contribution in [-0.4, -0.2) is 4.92 Å². The van der Waals surface area contributed by atoms with Crippen LogP contribution in [0.2, 0.25) is 0 Å². The Bertz CT molecular complexity index is 1100. The number of hydrogen-bond acceptors (Lipinski definition) is 5. The second-order valence-electron chi connectivity index (χ2n) is 6.04. The lowest BCUT2D eigenvalue weighted by Crippen LogP contribution is -2.08. The quantitative estimate of drug-likeness (QED) is 0.326. The summed E-state index contributed by atoms with van der Waals surface area (Å²) in [6.07, 6.45) is -3.41. The average molecular weight is 393 g/mol. The lowest BCUT2D eigenvalue weighted by molar-refractivity contribution is -0.385. The Morgan fingerprint density at radius 3 is 2.54 bits per heavy atom. The predicted molar refractivity (Wildman–Crippen MR) is 94.7 cm³/mol. The van der Waals surface area contributed by atoms with Gasteiger partial charge in [-0.1, -0.05) is 13.3 Å². The second-order valence-corrected chi connectivity index (χ2v) is 6.04. The average Bonchev–Trinajstić information content (AvgIpc) is 2.60. The SMILES string of the molecule is CCCc1cc(=O)oc2cc(Oc3ccc([N+](=O)[O-])cc3C(F)(F)F)ccc12. The molecule has 0 aliphatic heterocycles. The molecule has 0 N–H and O–H groups in total. The maximum atomic E-state index is 13.3. The molecule has 1 aromatic heterocycles. The molecule has 0 aliphatic carbocycles. The number of benzene rings is 2. The first kappa shape index (κ1) is 19.4. The van der Waals surface area contributed by atoms with Gasteiger partial charge in [0.25, 0.3) is 5.69 Å². The molecule has 0 aliphatic rings. The van der Waals surface area contributed by atoms with Gasteiger partial charge in [-0.3, -0.25) is 10.1 Å². The first-order valence-electron chi connectivity index (χ1n) is 8.29. The topological polar surface area (TPSA) is 82.6 Å². The van der Waals surface area contributed by atoms with Crippen molar-refractivity contribution in [3.63, 3.8) is 0 Å². The minimum atomic E-state index is -4.85. The van der Waals surface area contributed by atoms with Gasteiger partial charge in [0, 0.05) is 29.7 Å². The van der Waals surface area contributed by atoms with Crippen LogP contribution in [0.15, 0.2) is 51.7 Å². The van der Waals surface area contributed by atoms with Crippen molar-refractivity contribution in [2.24, 2.45) is 0 Å². The highest BCUT2D eigenvalue weighted by atomic mass is 19.4. The Balaban J connectivity index is 2.05. The molecular formula is C19H14F3NO5. The van der Waals surface area contributed by atoms with E-state index in [1.807, 2.05) is 6.92 Å². The largest absolute Gasteiger partial charge is 0.457 e. The summed E-state index contributed by atoms with van der Waals surface area (Å²) in [5.41, 5.74) is -1.59. The summed E-state index contributed by atoms with van der Waals surface area (Å²) in [5, 5.41) is 11.4. The van der Waals surface area contributed by atoms with Crippen LogP contribution in [0.4, 0.5) is 18.9 Å².